The summed E-state index contributed by atoms with van der Waals surface area (Å²) in [4.78, 5) is 12.2. The molecule has 3 nitrogen and oxygen atoms in total. The van der Waals surface area contributed by atoms with Gasteiger partial charge in [-0.05, 0) is 49.7 Å². The molecule has 0 fully saturated rings. The van der Waals surface area contributed by atoms with E-state index in [-0.39, 0.29) is 18.0 Å². The van der Waals surface area contributed by atoms with Gasteiger partial charge in [-0.1, -0.05) is 41.4 Å². The Morgan fingerprint density at radius 2 is 1.64 bits per heavy atom. The highest BCUT2D eigenvalue weighted by Crippen LogP contribution is 2.22. The van der Waals surface area contributed by atoms with Crippen LogP contribution in [0.25, 0.3) is 0 Å². The summed E-state index contributed by atoms with van der Waals surface area (Å²) >= 11 is 12.0. The van der Waals surface area contributed by atoms with Crippen molar-refractivity contribution >= 4 is 34.8 Å². The fourth-order valence-corrected chi connectivity index (χ4v) is 2.58. The third kappa shape index (κ3) is 4.47. The number of anilines is 1. The molecule has 0 spiro atoms. The molecule has 0 saturated heterocycles. The average molecular weight is 337 g/mol. The van der Waals surface area contributed by atoms with Crippen LogP contribution in [0.3, 0.4) is 0 Å². The molecule has 116 valence electrons. The van der Waals surface area contributed by atoms with E-state index in [4.69, 9.17) is 23.2 Å². The van der Waals surface area contributed by atoms with Crippen LogP contribution < -0.4 is 10.6 Å². The minimum absolute atomic E-state index is 0.0281. The summed E-state index contributed by atoms with van der Waals surface area (Å²) in [6, 6.07) is 14.2. The first-order valence-corrected chi connectivity index (χ1v) is 7.80. The summed E-state index contributed by atoms with van der Waals surface area (Å²) in [6.45, 7) is 3.80. The third-order valence-electron chi connectivity index (χ3n) is 3.38. The maximum absolute atomic E-state index is 12.2. The van der Waals surface area contributed by atoms with Crippen LogP contribution in [0.1, 0.15) is 25.5 Å². The molecule has 2 N–H and O–H groups in total. The Balaban J connectivity index is 1.96. The van der Waals surface area contributed by atoms with Crippen LogP contribution in [0.4, 0.5) is 5.69 Å². The lowest BCUT2D eigenvalue weighted by Crippen LogP contribution is -2.39. The maximum atomic E-state index is 12.2. The second-order valence-corrected chi connectivity index (χ2v) is 5.97. The van der Waals surface area contributed by atoms with Gasteiger partial charge in [0.15, 0.2) is 0 Å². The van der Waals surface area contributed by atoms with Crippen LogP contribution in [0.15, 0.2) is 48.5 Å². The van der Waals surface area contributed by atoms with E-state index < -0.39 is 0 Å². The standard InChI is InChI=1S/C17H18Cl2N2O/c1-11(15-5-3-4-6-16(15)19)20-12(2)17(22)21-14-9-7-13(18)8-10-14/h3-12,20H,1-2H3,(H,21,22)/t11-,12+/m1/s1. The van der Waals surface area contributed by atoms with Gasteiger partial charge in [0.05, 0.1) is 6.04 Å². The van der Waals surface area contributed by atoms with Crippen LogP contribution >= 0.6 is 23.2 Å². The fourth-order valence-electron chi connectivity index (χ4n) is 2.15. The van der Waals surface area contributed by atoms with Gasteiger partial charge in [0.25, 0.3) is 0 Å². The molecule has 0 saturated carbocycles. The fraction of sp³-hybridized carbons (Fsp3) is 0.235. The zero-order valence-electron chi connectivity index (χ0n) is 12.4. The Hall–Kier alpha value is -1.55. The molecule has 0 unspecified atom stereocenters. The van der Waals surface area contributed by atoms with Crippen LogP contribution in [-0.4, -0.2) is 11.9 Å². The molecule has 2 rings (SSSR count). The molecule has 2 aromatic carbocycles. The van der Waals surface area contributed by atoms with Crippen LogP contribution in [0, 0.1) is 0 Å². The van der Waals surface area contributed by atoms with Crippen molar-refractivity contribution in [2.75, 3.05) is 5.32 Å². The highest BCUT2D eigenvalue weighted by Gasteiger charge is 2.17. The van der Waals surface area contributed by atoms with E-state index in [0.29, 0.717) is 15.7 Å². The molecule has 0 heterocycles. The number of rotatable bonds is 5. The summed E-state index contributed by atoms with van der Waals surface area (Å²) < 4.78 is 0. The van der Waals surface area contributed by atoms with Gasteiger partial charge in [-0.2, -0.15) is 0 Å². The average Bonchev–Trinajstić information content (AvgIpc) is 2.49. The lowest BCUT2D eigenvalue weighted by atomic mass is 10.1. The van der Waals surface area contributed by atoms with E-state index in [1.165, 1.54) is 0 Å². The molecule has 2 aromatic rings. The Labute approximate surface area is 140 Å². The van der Waals surface area contributed by atoms with E-state index in [0.717, 1.165) is 5.56 Å². The number of amides is 1. The van der Waals surface area contributed by atoms with Crippen molar-refractivity contribution in [1.82, 2.24) is 5.32 Å². The number of benzene rings is 2. The van der Waals surface area contributed by atoms with Crippen molar-refractivity contribution in [2.24, 2.45) is 0 Å². The lowest BCUT2D eigenvalue weighted by Gasteiger charge is -2.20. The summed E-state index contributed by atoms with van der Waals surface area (Å²) in [5.74, 6) is -0.110. The molecule has 0 radical (unpaired) electrons. The topological polar surface area (TPSA) is 41.1 Å². The van der Waals surface area contributed by atoms with E-state index in [1.807, 2.05) is 38.1 Å². The molecule has 22 heavy (non-hydrogen) atoms. The number of hydrogen-bond acceptors (Lipinski definition) is 2. The number of nitrogens with one attached hydrogen (secondary N) is 2. The third-order valence-corrected chi connectivity index (χ3v) is 3.97. The van der Waals surface area contributed by atoms with Crippen LogP contribution in [-0.2, 0) is 4.79 Å². The first-order valence-electron chi connectivity index (χ1n) is 7.04. The number of halogens is 2. The van der Waals surface area contributed by atoms with Gasteiger partial charge in [-0.25, -0.2) is 0 Å². The summed E-state index contributed by atoms with van der Waals surface area (Å²) in [5.41, 5.74) is 1.68. The molecular weight excluding hydrogens is 319 g/mol. The van der Waals surface area contributed by atoms with Crippen molar-refractivity contribution in [2.45, 2.75) is 25.9 Å². The highest BCUT2D eigenvalue weighted by molar-refractivity contribution is 6.31. The number of carbonyl (C=O) groups is 1. The molecule has 0 aliphatic carbocycles. The van der Waals surface area contributed by atoms with Gasteiger partial charge in [0.1, 0.15) is 0 Å². The Bertz CT molecular complexity index is 643. The monoisotopic (exact) mass is 336 g/mol. The maximum Gasteiger partial charge on any atom is 0.241 e. The second kappa shape index (κ2) is 7.63. The molecule has 5 heteroatoms. The summed E-state index contributed by atoms with van der Waals surface area (Å²) in [6.07, 6.45) is 0. The molecule has 1 amide bonds. The van der Waals surface area contributed by atoms with Gasteiger partial charge in [0.2, 0.25) is 5.91 Å². The zero-order chi connectivity index (χ0) is 16.1. The minimum Gasteiger partial charge on any atom is -0.325 e. The van der Waals surface area contributed by atoms with E-state index in [1.54, 1.807) is 24.3 Å². The van der Waals surface area contributed by atoms with Crippen molar-refractivity contribution in [3.8, 4) is 0 Å². The first kappa shape index (κ1) is 16.8. The number of carbonyl (C=O) groups excluding carboxylic acids is 1. The van der Waals surface area contributed by atoms with Crippen molar-refractivity contribution in [3.05, 3.63) is 64.1 Å². The Morgan fingerprint density at radius 3 is 2.27 bits per heavy atom. The molecular formula is C17H18Cl2N2O. The number of hydrogen-bond donors (Lipinski definition) is 2. The Morgan fingerprint density at radius 1 is 1.00 bits per heavy atom. The van der Waals surface area contributed by atoms with Gasteiger partial charge in [-0.15, -0.1) is 0 Å². The smallest absolute Gasteiger partial charge is 0.241 e. The largest absolute Gasteiger partial charge is 0.325 e. The highest BCUT2D eigenvalue weighted by atomic mass is 35.5. The molecule has 0 bridgehead atoms. The second-order valence-electron chi connectivity index (χ2n) is 5.13. The van der Waals surface area contributed by atoms with Gasteiger partial charge < -0.3 is 5.32 Å². The van der Waals surface area contributed by atoms with E-state index in [2.05, 4.69) is 10.6 Å². The van der Waals surface area contributed by atoms with Gasteiger partial charge in [0, 0.05) is 21.8 Å². The minimum atomic E-state index is -0.359. The van der Waals surface area contributed by atoms with Crippen LogP contribution in [0.2, 0.25) is 10.0 Å². The summed E-state index contributed by atoms with van der Waals surface area (Å²) in [7, 11) is 0. The Kier molecular flexibility index (Phi) is 5.83. The summed E-state index contributed by atoms with van der Waals surface area (Å²) in [5, 5.41) is 7.42. The lowest BCUT2D eigenvalue weighted by molar-refractivity contribution is -0.117. The molecule has 0 aliphatic rings. The zero-order valence-corrected chi connectivity index (χ0v) is 13.9. The first-order chi connectivity index (χ1) is 10.5. The van der Waals surface area contributed by atoms with E-state index >= 15 is 0 Å². The van der Waals surface area contributed by atoms with Gasteiger partial charge >= 0.3 is 0 Å². The predicted octanol–water partition coefficient (Wildman–Crippen LogP) is 4.67. The quantitative estimate of drug-likeness (QED) is 0.832. The molecule has 2 atom stereocenters. The van der Waals surface area contributed by atoms with Crippen molar-refractivity contribution < 1.29 is 4.79 Å². The molecule has 0 aromatic heterocycles. The normalized spacial score (nSPS) is 13.5. The van der Waals surface area contributed by atoms with Crippen LogP contribution in [0.5, 0.6) is 0 Å². The predicted molar refractivity (Wildman–Crippen MR) is 92.5 cm³/mol. The SMILES string of the molecule is C[C@H](N[C@H](C)c1ccccc1Cl)C(=O)Nc1ccc(Cl)cc1. The van der Waals surface area contributed by atoms with Crippen molar-refractivity contribution in [1.29, 1.82) is 0 Å². The van der Waals surface area contributed by atoms with Gasteiger partial charge in [-0.3, -0.25) is 10.1 Å². The van der Waals surface area contributed by atoms with E-state index in [9.17, 15) is 4.79 Å². The molecule has 0 aliphatic heterocycles. The van der Waals surface area contributed by atoms with Crippen molar-refractivity contribution in [3.63, 3.8) is 0 Å².